The number of hydrogen-bond acceptors (Lipinski definition) is 1. The summed E-state index contributed by atoms with van der Waals surface area (Å²) in [4.78, 5) is 2.42. The smallest absolute Gasteiger partial charge is 0.212 e. The molecule has 34 heavy (non-hydrogen) atoms. The summed E-state index contributed by atoms with van der Waals surface area (Å²) in [6, 6.07) is 22.0. The van der Waals surface area contributed by atoms with Crippen LogP contribution in [-0.4, -0.2) is 6.54 Å². The lowest BCUT2D eigenvalue weighted by Gasteiger charge is -2.29. The number of aryl methyl sites for hydroxylation is 1. The van der Waals surface area contributed by atoms with E-state index in [-0.39, 0.29) is 24.0 Å². The van der Waals surface area contributed by atoms with Crippen molar-refractivity contribution in [3.8, 4) is 0 Å². The average Bonchev–Trinajstić information content (AvgIpc) is 2.86. The molecular weight excluding hydrogens is 527 g/mol. The SMILES string of the molecule is CCCCCCCCCC[n+]1c(C=C2C=Cc3ccccc3N2CC)ccc2ccccc21.[I-]. The monoisotopic (exact) mass is 566 g/mol. The van der Waals surface area contributed by atoms with Gasteiger partial charge in [0, 0.05) is 47.9 Å². The number of rotatable bonds is 11. The van der Waals surface area contributed by atoms with Gasteiger partial charge in [-0.15, -0.1) is 0 Å². The third-order valence-electron chi connectivity index (χ3n) is 6.79. The van der Waals surface area contributed by atoms with Crippen LogP contribution < -0.4 is 33.4 Å². The standard InChI is InChI=1S/C31H39N2.HI/c1-3-5-6-7-8-9-10-15-24-33-29(23-21-27-17-12-14-19-31(27)33)25-28-22-20-26-16-11-13-18-30(26)32(28)4-2;/h11-14,16-23,25H,3-10,15,24H2,1-2H3;1H/q+1;/p-1. The molecule has 0 bridgehead atoms. The predicted octanol–water partition coefficient (Wildman–Crippen LogP) is 5.17. The minimum Gasteiger partial charge on any atom is -1.00 e. The van der Waals surface area contributed by atoms with Gasteiger partial charge in [-0.25, -0.2) is 0 Å². The van der Waals surface area contributed by atoms with Gasteiger partial charge >= 0.3 is 0 Å². The van der Waals surface area contributed by atoms with Crippen LogP contribution in [0.3, 0.4) is 0 Å². The van der Waals surface area contributed by atoms with E-state index in [0.29, 0.717) is 0 Å². The molecule has 0 amide bonds. The summed E-state index contributed by atoms with van der Waals surface area (Å²) < 4.78 is 2.53. The molecule has 0 saturated carbocycles. The second-order valence-corrected chi connectivity index (χ2v) is 9.15. The zero-order valence-electron chi connectivity index (χ0n) is 20.8. The van der Waals surface area contributed by atoms with E-state index in [1.165, 1.54) is 84.9 Å². The molecule has 2 nitrogen and oxygen atoms in total. The molecule has 0 atom stereocenters. The number of pyridine rings is 1. The lowest BCUT2D eigenvalue weighted by atomic mass is 10.0. The van der Waals surface area contributed by atoms with Crippen molar-refractivity contribution in [1.29, 1.82) is 0 Å². The number of para-hydroxylation sites is 2. The van der Waals surface area contributed by atoms with Gasteiger partial charge in [0.15, 0.2) is 0 Å². The normalized spacial score (nSPS) is 13.8. The largest absolute Gasteiger partial charge is 1.00 e. The van der Waals surface area contributed by atoms with Crippen molar-refractivity contribution < 1.29 is 28.5 Å². The molecule has 0 saturated heterocycles. The van der Waals surface area contributed by atoms with E-state index >= 15 is 0 Å². The highest BCUT2D eigenvalue weighted by Gasteiger charge is 2.19. The fraction of sp³-hybridized carbons (Fsp3) is 0.387. The molecule has 2 aromatic carbocycles. The topological polar surface area (TPSA) is 7.12 Å². The summed E-state index contributed by atoms with van der Waals surface area (Å²) in [6.45, 7) is 6.55. The Kier molecular flexibility index (Phi) is 10.6. The van der Waals surface area contributed by atoms with Crippen LogP contribution in [-0.2, 0) is 6.54 Å². The van der Waals surface area contributed by atoms with Crippen LogP contribution in [0.1, 0.15) is 76.5 Å². The highest BCUT2D eigenvalue weighted by atomic mass is 127. The van der Waals surface area contributed by atoms with Crippen molar-refractivity contribution >= 4 is 28.7 Å². The molecule has 1 aromatic heterocycles. The van der Waals surface area contributed by atoms with Gasteiger partial charge in [-0.3, -0.25) is 0 Å². The molecular formula is C31H39IN2. The molecule has 3 heteroatoms. The summed E-state index contributed by atoms with van der Waals surface area (Å²) in [6.07, 6.45) is 17.7. The van der Waals surface area contributed by atoms with E-state index in [1.54, 1.807) is 0 Å². The number of aromatic nitrogens is 1. The highest BCUT2D eigenvalue weighted by molar-refractivity contribution is 5.80. The van der Waals surface area contributed by atoms with Crippen LogP contribution in [0.15, 0.2) is 72.4 Å². The molecule has 1 aliphatic rings. The third kappa shape index (κ3) is 6.50. The maximum absolute atomic E-state index is 2.53. The first-order valence-corrected chi connectivity index (χ1v) is 13.0. The van der Waals surface area contributed by atoms with Crippen molar-refractivity contribution in [2.24, 2.45) is 0 Å². The second kappa shape index (κ2) is 13.7. The van der Waals surface area contributed by atoms with Crippen LogP contribution in [0.5, 0.6) is 0 Å². The quantitative estimate of drug-likeness (QED) is 0.177. The predicted molar refractivity (Wildman–Crippen MR) is 143 cm³/mol. The molecule has 0 unspecified atom stereocenters. The molecule has 0 fully saturated rings. The minimum atomic E-state index is 0. The van der Waals surface area contributed by atoms with E-state index in [9.17, 15) is 0 Å². The van der Waals surface area contributed by atoms with Crippen LogP contribution >= 0.6 is 0 Å². The van der Waals surface area contributed by atoms with Gasteiger partial charge in [0.2, 0.25) is 11.2 Å². The lowest BCUT2D eigenvalue weighted by Crippen LogP contribution is -3.00. The van der Waals surface area contributed by atoms with Gasteiger partial charge in [0.1, 0.15) is 6.54 Å². The number of likely N-dealkylation sites (N-methyl/N-ethyl adjacent to an activating group) is 1. The summed E-state index contributed by atoms with van der Waals surface area (Å²) >= 11 is 0. The Morgan fingerprint density at radius 2 is 1.44 bits per heavy atom. The van der Waals surface area contributed by atoms with E-state index in [4.69, 9.17) is 0 Å². The second-order valence-electron chi connectivity index (χ2n) is 9.15. The molecule has 0 spiro atoms. The number of fused-ring (bicyclic) bond motifs is 2. The van der Waals surface area contributed by atoms with Crippen LogP contribution in [0, 0.1) is 0 Å². The first kappa shape index (κ1) is 26.5. The van der Waals surface area contributed by atoms with Gasteiger partial charge in [-0.1, -0.05) is 81.9 Å². The Morgan fingerprint density at radius 3 is 2.24 bits per heavy atom. The highest BCUT2D eigenvalue weighted by Crippen LogP contribution is 2.31. The molecule has 3 aromatic rings. The van der Waals surface area contributed by atoms with Gasteiger partial charge in [0.05, 0.1) is 0 Å². The fourth-order valence-corrected chi connectivity index (χ4v) is 4.97. The van der Waals surface area contributed by atoms with Gasteiger partial charge < -0.3 is 28.9 Å². The fourth-order valence-electron chi connectivity index (χ4n) is 4.97. The van der Waals surface area contributed by atoms with Gasteiger partial charge in [-0.2, -0.15) is 4.57 Å². The molecule has 1 aliphatic heterocycles. The number of unbranched alkanes of at least 4 members (excludes halogenated alkanes) is 7. The van der Waals surface area contributed by atoms with Crippen molar-refractivity contribution in [2.45, 2.75) is 71.8 Å². The van der Waals surface area contributed by atoms with Gasteiger partial charge in [-0.05, 0) is 43.2 Å². The number of anilines is 1. The average molecular weight is 567 g/mol. The third-order valence-corrected chi connectivity index (χ3v) is 6.79. The molecule has 0 N–H and O–H groups in total. The molecule has 4 rings (SSSR count). The van der Waals surface area contributed by atoms with Crippen molar-refractivity contribution in [2.75, 3.05) is 11.4 Å². The number of hydrogen-bond donors (Lipinski definition) is 0. The Bertz CT molecular complexity index is 1120. The summed E-state index contributed by atoms with van der Waals surface area (Å²) in [5.74, 6) is 0. The molecule has 180 valence electrons. The minimum absolute atomic E-state index is 0. The number of halogens is 1. The molecule has 0 aliphatic carbocycles. The molecule has 0 radical (unpaired) electrons. The van der Waals surface area contributed by atoms with Crippen LogP contribution in [0.25, 0.3) is 23.1 Å². The van der Waals surface area contributed by atoms with Gasteiger partial charge in [0.25, 0.3) is 0 Å². The first-order valence-electron chi connectivity index (χ1n) is 13.0. The van der Waals surface area contributed by atoms with E-state index in [1.807, 2.05) is 0 Å². The van der Waals surface area contributed by atoms with E-state index < -0.39 is 0 Å². The first-order chi connectivity index (χ1) is 16.3. The van der Waals surface area contributed by atoms with Crippen molar-refractivity contribution in [3.05, 3.63) is 83.7 Å². The number of nitrogens with zero attached hydrogens (tertiary/aromatic N) is 2. The zero-order chi connectivity index (χ0) is 22.9. The summed E-state index contributed by atoms with van der Waals surface area (Å²) in [5.41, 5.74) is 6.47. The summed E-state index contributed by atoms with van der Waals surface area (Å²) in [5, 5.41) is 1.32. The Labute approximate surface area is 223 Å². The zero-order valence-corrected chi connectivity index (χ0v) is 23.0. The molecule has 2 heterocycles. The number of allylic oxidation sites excluding steroid dienone is 1. The maximum atomic E-state index is 2.53. The lowest BCUT2D eigenvalue weighted by molar-refractivity contribution is -0.673. The Balaban J connectivity index is 0.00000324. The van der Waals surface area contributed by atoms with Crippen molar-refractivity contribution in [3.63, 3.8) is 0 Å². The Morgan fingerprint density at radius 1 is 0.735 bits per heavy atom. The van der Waals surface area contributed by atoms with Crippen LogP contribution in [0.4, 0.5) is 5.69 Å². The van der Waals surface area contributed by atoms with E-state index in [2.05, 4.69) is 102 Å². The number of benzene rings is 2. The summed E-state index contributed by atoms with van der Waals surface area (Å²) in [7, 11) is 0. The van der Waals surface area contributed by atoms with Crippen LogP contribution in [0.2, 0.25) is 0 Å². The Hall–Kier alpha value is -2.14. The maximum Gasteiger partial charge on any atom is 0.212 e. The van der Waals surface area contributed by atoms with Crippen molar-refractivity contribution in [1.82, 2.24) is 0 Å². The van der Waals surface area contributed by atoms with E-state index in [0.717, 1.165) is 13.1 Å².